The summed E-state index contributed by atoms with van der Waals surface area (Å²) in [5.74, 6) is -0.429. The van der Waals surface area contributed by atoms with E-state index in [1.165, 1.54) is 0 Å². The number of hydrogen-bond acceptors (Lipinski definition) is 3. The molecule has 0 spiro atoms. The highest BCUT2D eigenvalue weighted by Gasteiger charge is 2.30. The average molecular weight is 366 g/mol. The number of quaternary nitrogens is 1. The van der Waals surface area contributed by atoms with E-state index < -0.39 is 18.0 Å². The second-order valence-electron chi connectivity index (χ2n) is 5.84. The molecule has 0 saturated heterocycles. The number of thiophene rings is 1. The van der Waals surface area contributed by atoms with E-state index in [4.69, 9.17) is 5.73 Å². The van der Waals surface area contributed by atoms with Gasteiger partial charge in [-0.05, 0) is 11.4 Å². The van der Waals surface area contributed by atoms with E-state index in [1.54, 1.807) is 11.3 Å². The number of nitrogens with one attached hydrogen (secondary N) is 1. The minimum Gasteiger partial charge on any atom is -0.351 e. The van der Waals surface area contributed by atoms with Crippen molar-refractivity contribution in [2.24, 2.45) is 5.73 Å². The van der Waals surface area contributed by atoms with Crippen LogP contribution in [0.1, 0.15) is 28.1 Å². The third kappa shape index (κ3) is 4.36. The molecule has 5 nitrogen and oxygen atoms in total. The molecule has 0 bridgehead atoms. The first-order valence-electron chi connectivity index (χ1n) is 8.23. The lowest BCUT2D eigenvalue weighted by Gasteiger charge is -2.21. The molecule has 3 amide bonds. The topological polar surface area (TPSA) is 88.8 Å². The molecule has 0 aliphatic heterocycles. The highest BCUT2D eigenvalue weighted by Crippen LogP contribution is 2.24. The second-order valence-corrected chi connectivity index (χ2v) is 6.82. The third-order valence-corrected chi connectivity index (χ3v) is 5.04. The van der Waals surface area contributed by atoms with E-state index in [-0.39, 0.29) is 6.04 Å². The summed E-state index contributed by atoms with van der Waals surface area (Å²) in [5.41, 5.74) is 7.06. The summed E-state index contributed by atoms with van der Waals surface area (Å²) in [5, 5.41) is 6.20. The fraction of sp³-hybridized carbons (Fsp3) is 0.100. The summed E-state index contributed by atoms with van der Waals surface area (Å²) in [4.78, 5) is 25.0. The highest BCUT2D eigenvalue weighted by molar-refractivity contribution is 7.10. The number of carbonyl (C=O) groups excluding carboxylic acids is 2. The summed E-state index contributed by atoms with van der Waals surface area (Å²) in [6.07, 6.45) is 0. The van der Waals surface area contributed by atoms with Gasteiger partial charge in [-0.1, -0.05) is 66.7 Å². The summed E-state index contributed by atoms with van der Waals surface area (Å²) in [6.45, 7) is 0. The predicted octanol–water partition coefficient (Wildman–Crippen LogP) is 2.34. The predicted molar refractivity (Wildman–Crippen MR) is 101 cm³/mol. The summed E-state index contributed by atoms with van der Waals surface area (Å²) in [6, 6.07) is 21.9. The number of hydrogen-bond donors (Lipinski definition) is 3. The molecule has 0 fully saturated rings. The van der Waals surface area contributed by atoms with Crippen LogP contribution in [0.2, 0.25) is 0 Å². The number of carbonyl (C=O) groups is 2. The van der Waals surface area contributed by atoms with Gasteiger partial charge < -0.3 is 11.1 Å². The van der Waals surface area contributed by atoms with Gasteiger partial charge in [0.25, 0.3) is 5.91 Å². The number of benzene rings is 2. The van der Waals surface area contributed by atoms with Gasteiger partial charge in [0.1, 0.15) is 6.04 Å². The maximum atomic E-state index is 12.7. The Bertz CT molecular complexity index is 851. The fourth-order valence-electron chi connectivity index (χ4n) is 2.90. The zero-order valence-electron chi connectivity index (χ0n) is 14.0. The van der Waals surface area contributed by atoms with E-state index >= 15 is 0 Å². The third-order valence-electron chi connectivity index (χ3n) is 4.08. The first-order chi connectivity index (χ1) is 12.6. The van der Waals surface area contributed by atoms with Crippen LogP contribution in [-0.2, 0) is 4.79 Å². The number of nitrogens with two attached hydrogens (primary N) is 2. The smallest absolute Gasteiger partial charge is 0.319 e. The lowest BCUT2D eigenvalue weighted by Crippen LogP contribution is -2.88. The number of primary amides is 1. The van der Waals surface area contributed by atoms with Crippen molar-refractivity contribution in [3.05, 3.63) is 94.2 Å². The SMILES string of the molecule is NC(=O)NC(=O)[C@H]([NH2+][C@@H](c1ccccc1)c1cccs1)c1ccccc1. The molecule has 3 rings (SSSR count). The Hall–Kier alpha value is -2.96. The molecule has 0 radical (unpaired) electrons. The van der Waals surface area contributed by atoms with Crippen molar-refractivity contribution in [1.82, 2.24) is 5.32 Å². The molecule has 1 heterocycles. The van der Waals surface area contributed by atoms with E-state index in [2.05, 4.69) is 5.32 Å². The van der Waals surface area contributed by atoms with Gasteiger partial charge in [-0.3, -0.25) is 10.1 Å². The minimum absolute atomic E-state index is 0.0694. The molecule has 0 saturated carbocycles. The summed E-state index contributed by atoms with van der Waals surface area (Å²) < 4.78 is 0. The maximum Gasteiger partial charge on any atom is 0.319 e. The Balaban J connectivity index is 1.97. The molecular formula is C20H20N3O2S+. The van der Waals surface area contributed by atoms with Crippen LogP contribution in [-0.4, -0.2) is 11.9 Å². The molecule has 6 heteroatoms. The van der Waals surface area contributed by atoms with Gasteiger partial charge in [0.05, 0.1) is 4.88 Å². The molecule has 2 aromatic carbocycles. The van der Waals surface area contributed by atoms with Crippen molar-refractivity contribution in [3.8, 4) is 0 Å². The molecule has 0 aliphatic carbocycles. The first-order valence-corrected chi connectivity index (χ1v) is 9.11. The first kappa shape index (κ1) is 17.8. The monoisotopic (exact) mass is 366 g/mol. The number of imide groups is 1. The van der Waals surface area contributed by atoms with E-state index in [0.29, 0.717) is 0 Å². The fourth-order valence-corrected chi connectivity index (χ4v) is 3.73. The number of rotatable bonds is 6. The van der Waals surface area contributed by atoms with Crippen molar-refractivity contribution in [1.29, 1.82) is 0 Å². The van der Waals surface area contributed by atoms with Crippen molar-refractivity contribution >= 4 is 23.3 Å². The van der Waals surface area contributed by atoms with Gasteiger partial charge in [-0.25, -0.2) is 4.79 Å². The van der Waals surface area contributed by atoms with Gasteiger partial charge in [0, 0.05) is 11.1 Å². The molecule has 2 atom stereocenters. The van der Waals surface area contributed by atoms with Crippen LogP contribution in [0, 0.1) is 0 Å². The molecule has 1 aromatic heterocycles. The van der Waals surface area contributed by atoms with Crippen LogP contribution in [0.4, 0.5) is 4.79 Å². The zero-order valence-corrected chi connectivity index (χ0v) is 14.9. The Morgan fingerprint density at radius 2 is 1.50 bits per heavy atom. The molecule has 3 aromatic rings. The van der Waals surface area contributed by atoms with Gasteiger partial charge in [-0.15, -0.1) is 11.3 Å². The largest absolute Gasteiger partial charge is 0.351 e. The van der Waals surface area contributed by atoms with Crippen LogP contribution in [0.3, 0.4) is 0 Å². The van der Waals surface area contributed by atoms with Gasteiger partial charge in [-0.2, -0.15) is 0 Å². The van der Waals surface area contributed by atoms with Crippen molar-refractivity contribution in [2.45, 2.75) is 12.1 Å². The summed E-state index contributed by atoms with van der Waals surface area (Å²) in [7, 11) is 0. The Morgan fingerprint density at radius 3 is 2.04 bits per heavy atom. The van der Waals surface area contributed by atoms with E-state index in [0.717, 1.165) is 16.0 Å². The Morgan fingerprint density at radius 1 is 0.885 bits per heavy atom. The maximum absolute atomic E-state index is 12.7. The van der Waals surface area contributed by atoms with E-state index in [1.807, 2.05) is 83.5 Å². The van der Waals surface area contributed by atoms with Crippen molar-refractivity contribution in [2.75, 3.05) is 0 Å². The lowest BCUT2D eigenvalue weighted by molar-refractivity contribution is -0.713. The number of amides is 3. The minimum atomic E-state index is -0.850. The molecule has 5 N–H and O–H groups in total. The normalized spacial score (nSPS) is 12.9. The zero-order chi connectivity index (χ0) is 18.4. The van der Waals surface area contributed by atoms with Gasteiger partial charge in [0.2, 0.25) is 0 Å². The second kappa shape index (κ2) is 8.42. The molecule has 0 aliphatic rings. The average Bonchev–Trinajstić information content (AvgIpc) is 3.17. The quantitative estimate of drug-likeness (QED) is 0.625. The standard InChI is InChI=1S/C20H19N3O2S/c21-20(25)23-19(24)18(15-10-5-2-6-11-15)22-17(16-12-7-13-26-16)14-8-3-1-4-9-14/h1-13,17-18,22H,(H3,21,23,24,25)/p+1/t17-,18+/m0/s1. The van der Waals surface area contributed by atoms with Gasteiger partial charge in [0.15, 0.2) is 6.04 Å². The molecule has 0 unspecified atom stereocenters. The van der Waals surface area contributed by atoms with Crippen molar-refractivity contribution < 1.29 is 14.9 Å². The summed E-state index contributed by atoms with van der Waals surface area (Å²) >= 11 is 1.63. The van der Waals surface area contributed by atoms with Crippen LogP contribution < -0.4 is 16.4 Å². The lowest BCUT2D eigenvalue weighted by atomic mass is 10.0. The van der Waals surface area contributed by atoms with Crippen LogP contribution in [0.15, 0.2) is 78.2 Å². The Kier molecular flexibility index (Phi) is 5.78. The molecule has 132 valence electrons. The van der Waals surface area contributed by atoms with Crippen molar-refractivity contribution in [3.63, 3.8) is 0 Å². The van der Waals surface area contributed by atoms with Gasteiger partial charge >= 0.3 is 6.03 Å². The molecule has 26 heavy (non-hydrogen) atoms. The molecular weight excluding hydrogens is 346 g/mol. The van der Waals surface area contributed by atoms with Crippen LogP contribution in [0.25, 0.3) is 0 Å². The van der Waals surface area contributed by atoms with E-state index in [9.17, 15) is 9.59 Å². The van der Waals surface area contributed by atoms with Crippen LogP contribution >= 0.6 is 11.3 Å². The highest BCUT2D eigenvalue weighted by atomic mass is 32.1. The van der Waals surface area contributed by atoms with Crippen LogP contribution in [0.5, 0.6) is 0 Å². The Labute approximate surface area is 155 Å². The number of urea groups is 1.